The van der Waals surface area contributed by atoms with Gasteiger partial charge in [-0.15, -0.1) is 0 Å². The Labute approximate surface area is 173 Å². The Balaban J connectivity index is 1.35. The fraction of sp³-hybridized carbons (Fsp3) is 0.480. The Hall–Kier alpha value is -2.17. The summed E-state index contributed by atoms with van der Waals surface area (Å²) >= 11 is 0. The van der Waals surface area contributed by atoms with Crippen LogP contribution in [0.4, 0.5) is 0 Å². The van der Waals surface area contributed by atoms with Crippen molar-refractivity contribution in [2.45, 2.75) is 31.8 Å². The number of amides is 1. The Morgan fingerprint density at radius 1 is 0.966 bits per heavy atom. The summed E-state index contributed by atoms with van der Waals surface area (Å²) in [6.45, 7) is 5.76. The maximum Gasteiger partial charge on any atom is 0.249 e. The lowest BCUT2D eigenvalue weighted by Gasteiger charge is -2.31. The topological polar surface area (TPSA) is 32.8 Å². The van der Waals surface area contributed by atoms with Crippen molar-refractivity contribution in [3.05, 3.63) is 71.3 Å². The van der Waals surface area contributed by atoms with Crippen LogP contribution in [0.25, 0.3) is 0 Å². The van der Waals surface area contributed by atoms with Crippen molar-refractivity contribution in [1.29, 1.82) is 0 Å². The van der Waals surface area contributed by atoms with Crippen LogP contribution in [0.2, 0.25) is 0 Å². The number of hydrogen-bond acceptors (Lipinski definition) is 3. The highest BCUT2D eigenvalue weighted by Gasteiger charge is 2.50. The summed E-state index contributed by atoms with van der Waals surface area (Å²) in [6.07, 6.45) is 2.33. The molecule has 1 aliphatic carbocycles. The zero-order chi connectivity index (χ0) is 19.8. The van der Waals surface area contributed by atoms with Gasteiger partial charge in [0, 0.05) is 38.2 Å². The number of benzene rings is 2. The van der Waals surface area contributed by atoms with Crippen LogP contribution in [0.15, 0.2) is 54.6 Å². The van der Waals surface area contributed by atoms with E-state index in [9.17, 15) is 4.79 Å². The number of nitrogens with zero attached hydrogens (tertiary/aromatic N) is 2. The van der Waals surface area contributed by atoms with Crippen LogP contribution in [0.1, 0.15) is 29.7 Å². The third-order valence-electron chi connectivity index (χ3n) is 7.13. The van der Waals surface area contributed by atoms with Crippen LogP contribution in [-0.2, 0) is 22.4 Å². The lowest BCUT2D eigenvalue weighted by molar-refractivity contribution is -0.137. The number of rotatable bonds is 5. The van der Waals surface area contributed by atoms with E-state index in [4.69, 9.17) is 4.74 Å². The van der Waals surface area contributed by atoms with Gasteiger partial charge in [0.05, 0.1) is 6.04 Å². The molecule has 0 spiro atoms. The largest absolute Gasteiger partial charge is 0.372 e. The van der Waals surface area contributed by atoms with Gasteiger partial charge in [0.25, 0.3) is 0 Å². The van der Waals surface area contributed by atoms with Crippen LogP contribution < -0.4 is 0 Å². The van der Waals surface area contributed by atoms with Gasteiger partial charge in [0.15, 0.2) is 0 Å². The molecular weight excluding hydrogens is 360 g/mol. The summed E-state index contributed by atoms with van der Waals surface area (Å²) in [5.41, 5.74) is 4.30. The second-order valence-corrected chi connectivity index (χ2v) is 8.75. The molecule has 2 aromatic carbocycles. The molecule has 0 saturated carbocycles. The van der Waals surface area contributed by atoms with Gasteiger partial charge in [-0.2, -0.15) is 0 Å². The quantitative estimate of drug-likeness (QED) is 0.785. The molecule has 0 unspecified atom stereocenters. The van der Waals surface area contributed by atoms with Gasteiger partial charge in [0.1, 0.15) is 6.61 Å². The van der Waals surface area contributed by atoms with Crippen molar-refractivity contribution in [2.24, 2.45) is 11.8 Å². The molecule has 2 heterocycles. The molecule has 2 fully saturated rings. The van der Waals surface area contributed by atoms with Crippen LogP contribution in [0, 0.1) is 11.8 Å². The van der Waals surface area contributed by atoms with E-state index >= 15 is 0 Å². The molecule has 4 nitrogen and oxygen atoms in total. The Morgan fingerprint density at radius 3 is 2.34 bits per heavy atom. The molecule has 0 N–H and O–H groups in total. The summed E-state index contributed by atoms with van der Waals surface area (Å²) < 4.78 is 5.45. The maximum atomic E-state index is 12.9. The smallest absolute Gasteiger partial charge is 0.249 e. The minimum atomic E-state index is 0.134. The molecule has 0 radical (unpaired) electrons. The van der Waals surface area contributed by atoms with Crippen molar-refractivity contribution in [3.8, 4) is 0 Å². The Bertz CT molecular complexity index is 843. The maximum absolute atomic E-state index is 12.9. The van der Waals surface area contributed by atoms with Gasteiger partial charge in [-0.25, -0.2) is 0 Å². The second-order valence-electron chi connectivity index (χ2n) is 8.75. The molecule has 1 amide bonds. The molecule has 0 bridgehead atoms. The first-order valence-corrected chi connectivity index (χ1v) is 11.0. The van der Waals surface area contributed by atoms with Gasteiger partial charge in [-0.1, -0.05) is 54.6 Å². The number of fused-ring (bicyclic) bond motifs is 2. The lowest BCUT2D eigenvalue weighted by Crippen LogP contribution is -2.40. The first kappa shape index (κ1) is 18.8. The van der Waals surface area contributed by atoms with Crippen molar-refractivity contribution in [3.63, 3.8) is 0 Å². The lowest BCUT2D eigenvalue weighted by atomic mass is 9.89. The second kappa shape index (κ2) is 7.92. The first-order chi connectivity index (χ1) is 14.2. The molecule has 152 valence electrons. The zero-order valence-electron chi connectivity index (χ0n) is 17.2. The number of hydrogen-bond donors (Lipinski definition) is 0. The summed E-state index contributed by atoms with van der Waals surface area (Å²) in [4.78, 5) is 17.7. The van der Waals surface area contributed by atoms with Crippen LogP contribution in [0.5, 0.6) is 0 Å². The molecule has 5 rings (SSSR count). The van der Waals surface area contributed by atoms with E-state index in [0.29, 0.717) is 24.5 Å². The van der Waals surface area contributed by atoms with Crippen LogP contribution >= 0.6 is 0 Å². The molecule has 3 aliphatic rings. The molecular formula is C25H30N2O2. The highest BCUT2D eigenvalue weighted by molar-refractivity contribution is 5.78. The molecule has 29 heavy (non-hydrogen) atoms. The van der Waals surface area contributed by atoms with Gasteiger partial charge < -0.3 is 9.64 Å². The van der Waals surface area contributed by atoms with E-state index < -0.39 is 0 Å². The summed E-state index contributed by atoms with van der Waals surface area (Å²) in [5.74, 6) is 1.19. The molecule has 3 atom stereocenters. The molecule has 0 aromatic heterocycles. The van der Waals surface area contributed by atoms with E-state index in [1.165, 1.54) is 29.5 Å². The fourth-order valence-electron chi connectivity index (χ4n) is 5.78. The molecule has 2 aromatic rings. The first-order valence-electron chi connectivity index (χ1n) is 11.0. The predicted octanol–water partition coefficient (Wildman–Crippen LogP) is 3.32. The van der Waals surface area contributed by atoms with Gasteiger partial charge in [-0.05, 0) is 42.4 Å². The Morgan fingerprint density at radius 2 is 1.66 bits per heavy atom. The third kappa shape index (κ3) is 3.49. The van der Waals surface area contributed by atoms with Crippen molar-refractivity contribution in [2.75, 3.05) is 32.8 Å². The van der Waals surface area contributed by atoms with Crippen molar-refractivity contribution >= 4 is 5.91 Å². The standard InChI is InChI=1S/C25H30N2O2/c1-2-29-17-24(28)27-15-21-14-26(22-12-19-10-6-7-11-20(19)13-22)16-23(21)25(27)18-8-4-3-5-9-18/h3-11,21-23,25H,2,12-17H2,1H3/t21-,23-,25+/m0/s1. The predicted molar refractivity (Wildman–Crippen MR) is 114 cm³/mol. The third-order valence-corrected chi connectivity index (χ3v) is 7.13. The van der Waals surface area contributed by atoms with Gasteiger partial charge in [0.2, 0.25) is 5.91 Å². The van der Waals surface area contributed by atoms with E-state index in [-0.39, 0.29) is 18.6 Å². The molecule has 2 saturated heterocycles. The molecule has 4 heteroatoms. The van der Waals surface area contributed by atoms with E-state index in [2.05, 4.69) is 64.4 Å². The monoisotopic (exact) mass is 390 g/mol. The average Bonchev–Trinajstić information content (AvgIpc) is 3.44. The van der Waals surface area contributed by atoms with E-state index in [1.807, 2.05) is 6.92 Å². The van der Waals surface area contributed by atoms with Crippen molar-refractivity contribution < 1.29 is 9.53 Å². The van der Waals surface area contributed by atoms with Crippen LogP contribution in [0.3, 0.4) is 0 Å². The summed E-state index contributed by atoms with van der Waals surface area (Å²) in [6, 6.07) is 20.3. The average molecular weight is 391 g/mol. The summed E-state index contributed by atoms with van der Waals surface area (Å²) in [5, 5.41) is 0. The zero-order valence-corrected chi connectivity index (χ0v) is 17.2. The number of carbonyl (C=O) groups is 1. The normalized spacial score (nSPS) is 26.7. The Kier molecular flexibility index (Phi) is 5.15. The van der Waals surface area contributed by atoms with E-state index in [0.717, 1.165) is 19.6 Å². The van der Waals surface area contributed by atoms with Crippen molar-refractivity contribution in [1.82, 2.24) is 9.80 Å². The van der Waals surface area contributed by atoms with Gasteiger partial charge >= 0.3 is 0 Å². The number of likely N-dealkylation sites (tertiary alicyclic amines) is 2. The fourth-order valence-corrected chi connectivity index (χ4v) is 5.78. The van der Waals surface area contributed by atoms with Crippen LogP contribution in [-0.4, -0.2) is 54.6 Å². The highest BCUT2D eigenvalue weighted by atomic mass is 16.5. The van der Waals surface area contributed by atoms with E-state index in [1.54, 1.807) is 0 Å². The van der Waals surface area contributed by atoms with Gasteiger partial charge in [-0.3, -0.25) is 9.69 Å². The number of carbonyl (C=O) groups excluding carboxylic acids is 1. The highest BCUT2D eigenvalue weighted by Crippen LogP contribution is 2.46. The number of ether oxygens (including phenoxy) is 1. The minimum absolute atomic E-state index is 0.134. The molecule has 2 aliphatic heterocycles. The SMILES string of the molecule is CCOCC(=O)N1C[C@@H]2CN(C3Cc4ccccc4C3)C[C@@H]2[C@H]1c1ccccc1. The minimum Gasteiger partial charge on any atom is -0.372 e. The summed E-state index contributed by atoms with van der Waals surface area (Å²) in [7, 11) is 0.